The van der Waals surface area contributed by atoms with Gasteiger partial charge in [0.25, 0.3) is 5.91 Å². The SMILES string of the molecule is O=C1COc2cccc3onc(c23)N1CC#CCC1CCNC1. The number of hydrogen-bond acceptors (Lipinski definition) is 5. The maximum Gasteiger partial charge on any atom is 0.267 e. The van der Waals surface area contributed by atoms with Crippen LogP contribution < -0.4 is 15.0 Å². The van der Waals surface area contributed by atoms with Crippen molar-refractivity contribution in [2.45, 2.75) is 12.8 Å². The number of amides is 1. The van der Waals surface area contributed by atoms with Crippen molar-refractivity contribution in [1.29, 1.82) is 0 Å². The Bertz CT molecular complexity index is 796. The van der Waals surface area contributed by atoms with Crippen LogP contribution in [0.1, 0.15) is 12.8 Å². The van der Waals surface area contributed by atoms with E-state index in [1.807, 2.05) is 18.2 Å². The highest BCUT2D eigenvalue weighted by atomic mass is 16.5. The summed E-state index contributed by atoms with van der Waals surface area (Å²) in [5.74, 6) is 7.85. The van der Waals surface area contributed by atoms with Crippen LogP contribution in [0.15, 0.2) is 22.7 Å². The summed E-state index contributed by atoms with van der Waals surface area (Å²) < 4.78 is 10.9. The Morgan fingerprint density at radius 2 is 2.35 bits per heavy atom. The number of nitrogens with one attached hydrogen (secondary N) is 1. The second-order valence-electron chi connectivity index (χ2n) is 5.82. The average molecular weight is 311 g/mol. The van der Waals surface area contributed by atoms with Gasteiger partial charge in [-0.05, 0) is 37.6 Å². The van der Waals surface area contributed by atoms with Gasteiger partial charge in [0.05, 0.1) is 6.54 Å². The van der Waals surface area contributed by atoms with E-state index in [9.17, 15) is 4.79 Å². The summed E-state index contributed by atoms with van der Waals surface area (Å²) in [5, 5.41) is 8.11. The fourth-order valence-electron chi connectivity index (χ4n) is 2.99. The van der Waals surface area contributed by atoms with Crippen molar-refractivity contribution in [3.05, 3.63) is 18.2 Å². The highest BCUT2D eigenvalue weighted by molar-refractivity contribution is 6.05. The molecule has 2 aliphatic rings. The number of anilines is 1. The van der Waals surface area contributed by atoms with E-state index in [0.29, 0.717) is 29.6 Å². The number of hydrogen-bond donors (Lipinski definition) is 1. The van der Waals surface area contributed by atoms with E-state index in [-0.39, 0.29) is 12.5 Å². The molecule has 6 nitrogen and oxygen atoms in total. The van der Waals surface area contributed by atoms with Crippen molar-refractivity contribution < 1.29 is 14.1 Å². The van der Waals surface area contributed by atoms with Crippen LogP contribution in [0.25, 0.3) is 11.0 Å². The smallest absolute Gasteiger partial charge is 0.267 e. The number of ether oxygens (including phenoxy) is 1. The van der Waals surface area contributed by atoms with Gasteiger partial charge in [0, 0.05) is 6.42 Å². The Morgan fingerprint density at radius 1 is 1.39 bits per heavy atom. The lowest BCUT2D eigenvalue weighted by atomic mass is 10.1. The molecule has 1 unspecified atom stereocenters. The molecule has 0 radical (unpaired) electrons. The molecular formula is C17H17N3O3. The van der Waals surface area contributed by atoms with E-state index < -0.39 is 0 Å². The summed E-state index contributed by atoms with van der Waals surface area (Å²) in [6, 6.07) is 5.45. The first-order valence-corrected chi connectivity index (χ1v) is 7.81. The Kier molecular flexibility index (Phi) is 3.64. The van der Waals surface area contributed by atoms with Gasteiger partial charge in [0.1, 0.15) is 11.1 Å². The average Bonchev–Trinajstić information content (AvgIpc) is 3.19. The largest absolute Gasteiger partial charge is 0.483 e. The molecule has 0 spiro atoms. The van der Waals surface area contributed by atoms with Crippen molar-refractivity contribution in [3.8, 4) is 17.6 Å². The summed E-state index contributed by atoms with van der Waals surface area (Å²) in [4.78, 5) is 13.9. The van der Waals surface area contributed by atoms with Crippen molar-refractivity contribution in [3.63, 3.8) is 0 Å². The number of rotatable bonds is 2. The van der Waals surface area contributed by atoms with Gasteiger partial charge in [-0.3, -0.25) is 9.69 Å². The van der Waals surface area contributed by atoms with Gasteiger partial charge >= 0.3 is 0 Å². The minimum absolute atomic E-state index is 0.0102. The maximum atomic E-state index is 12.3. The molecule has 4 rings (SSSR count). The lowest BCUT2D eigenvalue weighted by molar-refractivity contribution is -0.120. The molecule has 2 aromatic rings. The zero-order valence-corrected chi connectivity index (χ0v) is 12.7. The quantitative estimate of drug-likeness (QED) is 0.853. The van der Waals surface area contributed by atoms with Crippen LogP contribution in [0.2, 0.25) is 0 Å². The zero-order chi connectivity index (χ0) is 15.6. The van der Waals surface area contributed by atoms with Crippen LogP contribution in [-0.2, 0) is 4.79 Å². The molecule has 6 heteroatoms. The molecule has 118 valence electrons. The van der Waals surface area contributed by atoms with Gasteiger partial charge in [-0.15, -0.1) is 5.92 Å². The second-order valence-corrected chi connectivity index (χ2v) is 5.82. The predicted octanol–water partition coefficient (Wildman–Crippen LogP) is 1.56. The molecular weight excluding hydrogens is 294 g/mol. The van der Waals surface area contributed by atoms with Crippen LogP contribution in [0.5, 0.6) is 5.75 Å². The molecule has 3 heterocycles. The Labute approximate surface area is 133 Å². The van der Waals surface area contributed by atoms with E-state index in [1.54, 1.807) is 4.90 Å². The number of benzene rings is 1. The van der Waals surface area contributed by atoms with Crippen LogP contribution in [0.4, 0.5) is 5.82 Å². The van der Waals surface area contributed by atoms with Gasteiger partial charge in [0.15, 0.2) is 18.0 Å². The molecule has 0 saturated carbocycles. The first-order chi connectivity index (χ1) is 11.3. The number of carbonyl (C=O) groups is 1. The van der Waals surface area contributed by atoms with Gasteiger partial charge in [0.2, 0.25) is 0 Å². The van der Waals surface area contributed by atoms with E-state index in [4.69, 9.17) is 9.26 Å². The molecule has 1 amide bonds. The topological polar surface area (TPSA) is 67.6 Å². The van der Waals surface area contributed by atoms with Crippen molar-refractivity contribution >= 4 is 22.7 Å². The highest BCUT2D eigenvalue weighted by Crippen LogP contribution is 2.36. The molecule has 1 saturated heterocycles. The molecule has 1 aromatic heterocycles. The summed E-state index contributed by atoms with van der Waals surface area (Å²) in [6.45, 7) is 2.40. The number of aromatic nitrogens is 1. The van der Waals surface area contributed by atoms with Gasteiger partial charge in [-0.2, -0.15) is 0 Å². The maximum absolute atomic E-state index is 12.3. The Morgan fingerprint density at radius 3 is 3.22 bits per heavy atom. The summed E-state index contributed by atoms with van der Waals surface area (Å²) in [5.41, 5.74) is 0.613. The van der Waals surface area contributed by atoms with Crippen molar-refractivity contribution in [2.24, 2.45) is 5.92 Å². The van der Waals surface area contributed by atoms with E-state index in [1.165, 1.54) is 6.42 Å². The minimum atomic E-state index is -0.159. The molecule has 2 aliphatic heterocycles. The molecule has 0 aliphatic carbocycles. The zero-order valence-electron chi connectivity index (χ0n) is 12.7. The van der Waals surface area contributed by atoms with Gasteiger partial charge in [-0.25, -0.2) is 0 Å². The first kappa shape index (κ1) is 14.1. The normalized spacial score (nSPS) is 20.1. The van der Waals surface area contributed by atoms with Crippen molar-refractivity contribution in [2.75, 3.05) is 31.1 Å². The molecule has 1 atom stereocenters. The highest BCUT2D eigenvalue weighted by Gasteiger charge is 2.27. The van der Waals surface area contributed by atoms with Gasteiger partial charge in [-0.1, -0.05) is 17.1 Å². The predicted molar refractivity (Wildman–Crippen MR) is 85.2 cm³/mol. The molecule has 1 aromatic carbocycles. The summed E-state index contributed by atoms with van der Waals surface area (Å²) >= 11 is 0. The first-order valence-electron chi connectivity index (χ1n) is 7.81. The molecule has 0 bridgehead atoms. The lowest BCUT2D eigenvalue weighted by Crippen LogP contribution is -2.34. The Balaban J connectivity index is 1.57. The monoisotopic (exact) mass is 311 g/mol. The van der Waals surface area contributed by atoms with Crippen LogP contribution in [0.3, 0.4) is 0 Å². The lowest BCUT2D eigenvalue weighted by Gasteiger charge is -2.14. The third-order valence-electron chi connectivity index (χ3n) is 4.27. The van der Waals surface area contributed by atoms with E-state index in [2.05, 4.69) is 22.3 Å². The van der Waals surface area contributed by atoms with E-state index >= 15 is 0 Å². The van der Waals surface area contributed by atoms with Crippen LogP contribution >= 0.6 is 0 Å². The molecule has 1 N–H and O–H groups in total. The third kappa shape index (κ3) is 2.64. The second kappa shape index (κ2) is 5.94. The van der Waals surface area contributed by atoms with Crippen LogP contribution in [-0.4, -0.2) is 37.3 Å². The fraction of sp³-hybridized carbons (Fsp3) is 0.412. The van der Waals surface area contributed by atoms with Crippen LogP contribution in [0, 0.1) is 17.8 Å². The number of nitrogens with zero attached hydrogens (tertiary/aromatic N) is 2. The number of carbonyl (C=O) groups excluding carboxylic acids is 1. The third-order valence-corrected chi connectivity index (χ3v) is 4.27. The molecule has 23 heavy (non-hydrogen) atoms. The van der Waals surface area contributed by atoms with Crippen molar-refractivity contribution in [1.82, 2.24) is 10.5 Å². The Hall–Kier alpha value is -2.52. The molecule has 1 fully saturated rings. The minimum Gasteiger partial charge on any atom is -0.483 e. The van der Waals surface area contributed by atoms with Gasteiger partial charge < -0.3 is 14.6 Å². The summed E-state index contributed by atoms with van der Waals surface area (Å²) in [7, 11) is 0. The summed E-state index contributed by atoms with van der Waals surface area (Å²) in [6.07, 6.45) is 2.03. The van der Waals surface area contributed by atoms with E-state index in [0.717, 1.165) is 24.9 Å². The standard InChI is InChI=1S/C17H17N3O3/c21-15-11-22-13-5-3-6-14-16(13)17(19-23-14)20(15)9-2-1-4-12-7-8-18-10-12/h3,5-6,12,18H,4,7-11H2. The fourth-order valence-corrected chi connectivity index (χ4v) is 2.99.